The summed E-state index contributed by atoms with van der Waals surface area (Å²) in [5.41, 5.74) is 2.56. The van der Waals surface area contributed by atoms with Gasteiger partial charge in [-0.15, -0.1) is 0 Å². The van der Waals surface area contributed by atoms with Gasteiger partial charge < -0.3 is 10.2 Å². The maximum atomic E-state index is 3.17. The van der Waals surface area contributed by atoms with E-state index in [0.29, 0.717) is 6.04 Å². The molecule has 0 aliphatic carbocycles. The van der Waals surface area contributed by atoms with Gasteiger partial charge in [-0.2, -0.15) is 0 Å². The van der Waals surface area contributed by atoms with E-state index in [1.807, 2.05) is 7.05 Å². The normalized spacial score (nSPS) is 24.8. The lowest BCUT2D eigenvalue weighted by molar-refractivity contribution is 0.359. The maximum Gasteiger partial charge on any atom is 0.0370 e. The second-order valence-corrected chi connectivity index (χ2v) is 5.15. The SMILES string of the molecule is CCC1CCC(C)N(c2ccc(NC)cc2)C1. The van der Waals surface area contributed by atoms with Crippen LogP contribution >= 0.6 is 0 Å². The van der Waals surface area contributed by atoms with Crippen molar-refractivity contribution in [3.8, 4) is 0 Å². The Labute approximate surface area is 105 Å². The molecule has 0 bridgehead atoms. The zero-order chi connectivity index (χ0) is 12.3. The maximum absolute atomic E-state index is 3.17. The zero-order valence-corrected chi connectivity index (χ0v) is 11.2. The molecule has 1 saturated heterocycles. The van der Waals surface area contributed by atoms with Crippen LogP contribution in [-0.4, -0.2) is 19.6 Å². The molecule has 94 valence electrons. The minimum Gasteiger partial charge on any atom is -0.388 e. The van der Waals surface area contributed by atoms with E-state index in [0.717, 1.165) is 5.92 Å². The molecule has 0 spiro atoms. The predicted octanol–water partition coefficient (Wildman–Crippen LogP) is 3.74. The Balaban J connectivity index is 2.12. The van der Waals surface area contributed by atoms with E-state index in [9.17, 15) is 0 Å². The number of benzene rings is 1. The first-order valence-corrected chi connectivity index (χ1v) is 6.79. The number of hydrogen-bond acceptors (Lipinski definition) is 2. The van der Waals surface area contributed by atoms with Crippen LogP contribution in [0.3, 0.4) is 0 Å². The molecule has 1 aromatic carbocycles. The molecule has 1 aliphatic rings. The highest BCUT2D eigenvalue weighted by atomic mass is 15.2. The molecule has 1 heterocycles. The van der Waals surface area contributed by atoms with Gasteiger partial charge in [-0.25, -0.2) is 0 Å². The second-order valence-electron chi connectivity index (χ2n) is 5.15. The van der Waals surface area contributed by atoms with Crippen LogP contribution in [-0.2, 0) is 0 Å². The monoisotopic (exact) mass is 232 g/mol. The number of piperidine rings is 1. The van der Waals surface area contributed by atoms with Crippen LogP contribution < -0.4 is 10.2 Å². The van der Waals surface area contributed by atoms with E-state index in [-0.39, 0.29) is 0 Å². The highest BCUT2D eigenvalue weighted by Crippen LogP contribution is 2.29. The summed E-state index contributed by atoms with van der Waals surface area (Å²) >= 11 is 0. The molecule has 2 nitrogen and oxygen atoms in total. The van der Waals surface area contributed by atoms with Crippen LogP contribution in [0, 0.1) is 5.92 Å². The van der Waals surface area contributed by atoms with Gasteiger partial charge in [0, 0.05) is 31.0 Å². The van der Waals surface area contributed by atoms with Crippen molar-refractivity contribution in [2.45, 2.75) is 39.2 Å². The third kappa shape index (κ3) is 2.74. The fourth-order valence-electron chi connectivity index (χ4n) is 2.69. The first-order chi connectivity index (χ1) is 8.24. The van der Waals surface area contributed by atoms with Gasteiger partial charge in [0.2, 0.25) is 0 Å². The second kappa shape index (κ2) is 5.44. The van der Waals surface area contributed by atoms with Gasteiger partial charge in [-0.05, 0) is 49.9 Å². The summed E-state index contributed by atoms with van der Waals surface area (Å²) in [5, 5.41) is 3.17. The summed E-state index contributed by atoms with van der Waals surface area (Å²) in [4.78, 5) is 2.57. The van der Waals surface area contributed by atoms with Crippen LogP contribution in [0.2, 0.25) is 0 Å². The van der Waals surface area contributed by atoms with Crippen molar-refractivity contribution in [1.29, 1.82) is 0 Å². The summed E-state index contributed by atoms with van der Waals surface area (Å²) in [7, 11) is 1.96. The molecule has 17 heavy (non-hydrogen) atoms. The summed E-state index contributed by atoms with van der Waals surface area (Å²) in [5.74, 6) is 0.871. The molecule has 1 fully saturated rings. The zero-order valence-electron chi connectivity index (χ0n) is 11.2. The number of rotatable bonds is 3. The Bertz CT molecular complexity index is 344. The molecule has 0 radical (unpaired) electrons. The van der Waals surface area contributed by atoms with E-state index in [1.165, 1.54) is 37.2 Å². The predicted molar refractivity (Wildman–Crippen MR) is 75.8 cm³/mol. The number of nitrogens with one attached hydrogen (secondary N) is 1. The topological polar surface area (TPSA) is 15.3 Å². The first-order valence-electron chi connectivity index (χ1n) is 6.79. The van der Waals surface area contributed by atoms with Crippen molar-refractivity contribution in [1.82, 2.24) is 0 Å². The van der Waals surface area contributed by atoms with Crippen molar-refractivity contribution < 1.29 is 0 Å². The van der Waals surface area contributed by atoms with Crippen LogP contribution in [0.5, 0.6) is 0 Å². The van der Waals surface area contributed by atoms with Gasteiger partial charge in [0.1, 0.15) is 0 Å². The number of hydrogen-bond donors (Lipinski definition) is 1. The standard InChI is InChI=1S/C15H24N2/c1-4-13-6-5-12(2)17(11-13)15-9-7-14(16-3)8-10-15/h7-10,12-13,16H,4-6,11H2,1-3H3. The third-order valence-corrected chi connectivity index (χ3v) is 4.04. The fraction of sp³-hybridized carbons (Fsp3) is 0.600. The fourth-order valence-corrected chi connectivity index (χ4v) is 2.69. The summed E-state index contributed by atoms with van der Waals surface area (Å²) in [6.07, 6.45) is 4.02. The van der Waals surface area contributed by atoms with Gasteiger partial charge in [0.25, 0.3) is 0 Å². The van der Waals surface area contributed by atoms with E-state index in [4.69, 9.17) is 0 Å². The summed E-state index contributed by atoms with van der Waals surface area (Å²) in [6.45, 7) is 5.87. The highest BCUT2D eigenvalue weighted by Gasteiger charge is 2.24. The van der Waals surface area contributed by atoms with Crippen molar-refractivity contribution in [2.75, 3.05) is 23.8 Å². The Morgan fingerprint density at radius 1 is 1.24 bits per heavy atom. The minimum atomic E-state index is 0.679. The number of anilines is 2. The van der Waals surface area contributed by atoms with E-state index >= 15 is 0 Å². The minimum absolute atomic E-state index is 0.679. The largest absolute Gasteiger partial charge is 0.388 e. The van der Waals surface area contributed by atoms with Crippen molar-refractivity contribution >= 4 is 11.4 Å². The van der Waals surface area contributed by atoms with Gasteiger partial charge in [-0.3, -0.25) is 0 Å². The lowest BCUT2D eigenvalue weighted by Gasteiger charge is -2.39. The first kappa shape index (κ1) is 12.3. The smallest absolute Gasteiger partial charge is 0.0370 e. The molecule has 2 atom stereocenters. The van der Waals surface area contributed by atoms with Crippen LogP contribution in [0.15, 0.2) is 24.3 Å². The molecular weight excluding hydrogens is 208 g/mol. The molecule has 1 aliphatic heterocycles. The summed E-state index contributed by atoms with van der Waals surface area (Å²) in [6, 6.07) is 9.48. The molecule has 2 rings (SSSR count). The lowest BCUT2D eigenvalue weighted by Crippen LogP contribution is -2.41. The molecule has 1 aromatic rings. The molecule has 2 unspecified atom stereocenters. The van der Waals surface area contributed by atoms with E-state index < -0.39 is 0 Å². The van der Waals surface area contributed by atoms with Crippen LogP contribution in [0.1, 0.15) is 33.1 Å². The van der Waals surface area contributed by atoms with Crippen molar-refractivity contribution in [3.05, 3.63) is 24.3 Å². The molecule has 0 saturated carbocycles. The molecule has 2 heteroatoms. The average molecular weight is 232 g/mol. The Hall–Kier alpha value is -1.18. The molecule has 0 amide bonds. The Morgan fingerprint density at radius 2 is 1.94 bits per heavy atom. The van der Waals surface area contributed by atoms with Gasteiger partial charge in [0.05, 0.1) is 0 Å². The van der Waals surface area contributed by atoms with Crippen molar-refractivity contribution in [2.24, 2.45) is 5.92 Å². The van der Waals surface area contributed by atoms with Crippen LogP contribution in [0.25, 0.3) is 0 Å². The van der Waals surface area contributed by atoms with E-state index in [2.05, 4.69) is 48.3 Å². The lowest BCUT2D eigenvalue weighted by atomic mass is 9.91. The molecular formula is C15H24N2. The Kier molecular flexibility index (Phi) is 3.93. The van der Waals surface area contributed by atoms with Gasteiger partial charge in [-0.1, -0.05) is 13.3 Å². The van der Waals surface area contributed by atoms with E-state index in [1.54, 1.807) is 0 Å². The van der Waals surface area contributed by atoms with Gasteiger partial charge >= 0.3 is 0 Å². The average Bonchev–Trinajstić information content (AvgIpc) is 2.39. The quantitative estimate of drug-likeness (QED) is 0.854. The Morgan fingerprint density at radius 3 is 2.53 bits per heavy atom. The summed E-state index contributed by atoms with van der Waals surface area (Å²) < 4.78 is 0. The molecule has 0 aromatic heterocycles. The van der Waals surface area contributed by atoms with Crippen LogP contribution in [0.4, 0.5) is 11.4 Å². The molecule has 1 N–H and O–H groups in total. The van der Waals surface area contributed by atoms with Crippen molar-refractivity contribution in [3.63, 3.8) is 0 Å². The van der Waals surface area contributed by atoms with Gasteiger partial charge in [0.15, 0.2) is 0 Å². The number of nitrogens with zero attached hydrogens (tertiary/aromatic N) is 1. The third-order valence-electron chi connectivity index (χ3n) is 4.04. The highest BCUT2D eigenvalue weighted by molar-refractivity contribution is 5.55.